The van der Waals surface area contributed by atoms with Gasteiger partial charge in [0, 0.05) is 19.3 Å². The fraction of sp³-hybridized carbons (Fsp3) is 0.942. The van der Waals surface area contributed by atoms with Gasteiger partial charge in [-0.15, -0.1) is 0 Å². The molecule has 6 heteroatoms. The standard InChI is InChI=1S/C52H100O6/c1-4-7-10-13-16-19-22-24-25-26-27-29-31-34-36-39-42-45-51(54)57-48-49(58-52(55)46-43-40-37-32-21-18-15-12-9-6-3)47-56-50(53)44-41-38-35-33-30-28-23-20-17-14-11-8-5-2/h49H,4-48H2,1-3H3/t49-/m1/s1. The van der Waals surface area contributed by atoms with E-state index >= 15 is 0 Å². The Morgan fingerprint density at radius 3 is 0.690 bits per heavy atom. The van der Waals surface area contributed by atoms with E-state index in [4.69, 9.17) is 14.2 Å². The van der Waals surface area contributed by atoms with Crippen LogP contribution in [0.15, 0.2) is 0 Å². The van der Waals surface area contributed by atoms with Gasteiger partial charge in [-0.3, -0.25) is 14.4 Å². The molecule has 0 spiro atoms. The molecule has 0 radical (unpaired) electrons. The van der Waals surface area contributed by atoms with Crippen molar-refractivity contribution in [2.45, 2.75) is 303 Å². The normalized spacial score (nSPS) is 11.8. The third kappa shape index (κ3) is 45.5. The number of rotatable bonds is 48. The average molecular weight is 821 g/mol. The summed E-state index contributed by atoms with van der Waals surface area (Å²) in [6.45, 7) is 6.67. The van der Waals surface area contributed by atoms with Gasteiger partial charge in [0.25, 0.3) is 0 Å². The molecule has 0 N–H and O–H groups in total. The van der Waals surface area contributed by atoms with E-state index in [0.29, 0.717) is 19.3 Å². The third-order valence-corrected chi connectivity index (χ3v) is 11.9. The van der Waals surface area contributed by atoms with Crippen molar-refractivity contribution in [2.24, 2.45) is 0 Å². The van der Waals surface area contributed by atoms with Crippen LogP contribution < -0.4 is 0 Å². The first-order valence-corrected chi connectivity index (χ1v) is 26.0. The Morgan fingerprint density at radius 1 is 0.276 bits per heavy atom. The van der Waals surface area contributed by atoms with E-state index in [1.165, 1.54) is 199 Å². The van der Waals surface area contributed by atoms with Gasteiger partial charge in [-0.2, -0.15) is 0 Å². The molecule has 58 heavy (non-hydrogen) atoms. The molecule has 0 unspecified atom stereocenters. The molecular formula is C52H100O6. The maximum atomic E-state index is 12.7. The summed E-state index contributed by atoms with van der Waals surface area (Å²) in [5.74, 6) is -0.843. The molecule has 0 heterocycles. The smallest absolute Gasteiger partial charge is 0.306 e. The molecule has 1 atom stereocenters. The average Bonchev–Trinajstić information content (AvgIpc) is 3.22. The first-order valence-electron chi connectivity index (χ1n) is 26.0. The number of carbonyl (C=O) groups is 3. The Kier molecular flexibility index (Phi) is 46.8. The quantitative estimate of drug-likeness (QED) is 0.0346. The monoisotopic (exact) mass is 821 g/mol. The molecule has 0 aromatic heterocycles. The minimum atomic E-state index is -0.759. The van der Waals surface area contributed by atoms with Crippen LogP contribution in [0.25, 0.3) is 0 Å². The zero-order valence-corrected chi connectivity index (χ0v) is 39.3. The fourth-order valence-corrected chi connectivity index (χ4v) is 7.92. The lowest BCUT2D eigenvalue weighted by atomic mass is 10.0. The van der Waals surface area contributed by atoms with Gasteiger partial charge < -0.3 is 14.2 Å². The number of ether oxygens (including phenoxy) is 3. The third-order valence-electron chi connectivity index (χ3n) is 11.9. The van der Waals surface area contributed by atoms with Crippen molar-refractivity contribution in [2.75, 3.05) is 13.2 Å². The molecule has 0 aromatic rings. The highest BCUT2D eigenvalue weighted by atomic mass is 16.6. The van der Waals surface area contributed by atoms with Crippen LogP contribution in [0.1, 0.15) is 297 Å². The van der Waals surface area contributed by atoms with E-state index in [2.05, 4.69) is 20.8 Å². The van der Waals surface area contributed by atoms with Gasteiger partial charge in [-0.05, 0) is 19.3 Å². The minimum Gasteiger partial charge on any atom is -0.462 e. The number of esters is 3. The van der Waals surface area contributed by atoms with E-state index in [9.17, 15) is 14.4 Å². The second-order valence-electron chi connectivity index (χ2n) is 17.8. The van der Waals surface area contributed by atoms with Gasteiger partial charge in [-0.25, -0.2) is 0 Å². The zero-order valence-electron chi connectivity index (χ0n) is 39.3. The van der Waals surface area contributed by atoms with Crippen molar-refractivity contribution >= 4 is 17.9 Å². The molecule has 0 aliphatic heterocycles. The van der Waals surface area contributed by atoms with E-state index in [-0.39, 0.29) is 31.1 Å². The summed E-state index contributed by atoms with van der Waals surface area (Å²) >= 11 is 0. The Labute approximate surface area is 361 Å². The zero-order chi connectivity index (χ0) is 42.3. The predicted octanol–water partition coefficient (Wildman–Crippen LogP) is 16.8. The first kappa shape index (κ1) is 56.4. The summed E-state index contributed by atoms with van der Waals surface area (Å²) in [4.78, 5) is 37.9. The lowest BCUT2D eigenvalue weighted by Crippen LogP contribution is -2.30. The summed E-state index contributed by atoms with van der Waals surface area (Å²) in [5.41, 5.74) is 0. The van der Waals surface area contributed by atoms with E-state index in [1.54, 1.807) is 0 Å². The maximum absolute atomic E-state index is 12.7. The number of unbranched alkanes of at least 4 members (excludes halogenated alkanes) is 37. The van der Waals surface area contributed by atoms with Crippen molar-refractivity contribution in [3.05, 3.63) is 0 Å². The van der Waals surface area contributed by atoms with Gasteiger partial charge >= 0.3 is 17.9 Å². The van der Waals surface area contributed by atoms with Crippen LogP contribution in [-0.2, 0) is 28.6 Å². The largest absolute Gasteiger partial charge is 0.462 e. The summed E-state index contributed by atoms with van der Waals surface area (Å²) < 4.78 is 16.8. The van der Waals surface area contributed by atoms with E-state index in [1.807, 2.05) is 0 Å². The molecule has 0 bridgehead atoms. The van der Waals surface area contributed by atoms with Crippen molar-refractivity contribution in [3.63, 3.8) is 0 Å². The minimum absolute atomic E-state index is 0.0619. The van der Waals surface area contributed by atoms with Crippen molar-refractivity contribution in [3.8, 4) is 0 Å². The second kappa shape index (κ2) is 48.1. The Hall–Kier alpha value is -1.59. The van der Waals surface area contributed by atoms with E-state index < -0.39 is 6.10 Å². The van der Waals surface area contributed by atoms with Crippen LogP contribution in [0.4, 0.5) is 0 Å². The van der Waals surface area contributed by atoms with Gasteiger partial charge in [0.1, 0.15) is 13.2 Å². The van der Waals surface area contributed by atoms with Crippen LogP contribution in [0.5, 0.6) is 0 Å². The highest BCUT2D eigenvalue weighted by Crippen LogP contribution is 2.17. The molecule has 0 aliphatic carbocycles. The van der Waals surface area contributed by atoms with E-state index in [0.717, 1.165) is 57.8 Å². The topological polar surface area (TPSA) is 78.9 Å². The van der Waals surface area contributed by atoms with Crippen LogP contribution in [0.2, 0.25) is 0 Å². The number of hydrogen-bond donors (Lipinski definition) is 0. The van der Waals surface area contributed by atoms with Crippen molar-refractivity contribution in [1.82, 2.24) is 0 Å². The van der Waals surface area contributed by atoms with Gasteiger partial charge in [0.15, 0.2) is 6.10 Å². The Morgan fingerprint density at radius 2 is 0.466 bits per heavy atom. The Bertz CT molecular complexity index is 859. The summed E-state index contributed by atoms with van der Waals surface area (Å²) in [6, 6.07) is 0. The molecule has 0 fully saturated rings. The van der Waals surface area contributed by atoms with Gasteiger partial charge in [0.05, 0.1) is 0 Å². The highest BCUT2D eigenvalue weighted by molar-refractivity contribution is 5.71. The van der Waals surface area contributed by atoms with Crippen LogP contribution in [0.3, 0.4) is 0 Å². The van der Waals surface area contributed by atoms with Gasteiger partial charge in [0.2, 0.25) is 0 Å². The summed E-state index contributed by atoms with van der Waals surface area (Å²) in [5, 5.41) is 0. The summed E-state index contributed by atoms with van der Waals surface area (Å²) in [7, 11) is 0. The molecule has 0 saturated heterocycles. The molecule has 0 saturated carbocycles. The number of hydrogen-bond acceptors (Lipinski definition) is 6. The molecule has 0 amide bonds. The van der Waals surface area contributed by atoms with Crippen molar-refractivity contribution < 1.29 is 28.6 Å². The lowest BCUT2D eigenvalue weighted by molar-refractivity contribution is -0.167. The molecule has 0 aliphatic rings. The van der Waals surface area contributed by atoms with Crippen LogP contribution in [-0.4, -0.2) is 37.2 Å². The van der Waals surface area contributed by atoms with Crippen molar-refractivity contribution in [1.29, 1.82) is 0 Å². The second-order valence-corrected chi connectivity index (χ2v) is 17.8. The van der Waals surface area contributed by atoms with Crippen LogP contribution >= 0.6 is 0 Å². The first-order chi connectivity index (χ1) is 28.5. The molecule has 6 nitrogen and oxygen atoms in total. The molecule has 344 valence electrons. The van der Waals surface area contributed by atoms with Gasteiger partial charge in [-0.1, -0.05) is 258 Å². The molecule has 0 rings (SSSR count). The fourth-order valence-electron chi connectivity index (χ4n) is 7.92. The predicted molar refractivity (Wildman–Crippen MR) is 247 cm³/mol. The highest BCUT2D eigenvalue weighted by Gasteiger charge is 2.19. The Balaban J connectivity index is 4.24. The maximum Gasteiger partial charge on any atom is 0.306 e. The number of carbonyl (C=O) groups excluding carboxylic acids is 3. The molecular weight excluding hydrogens is 721 g/mol. The lowest BCUT2D eigenvalue weighted by Gasteiger charge is -2.18. The molecule has 0 aromatic carbocycles. The van der Waals surface area contributed by atoms with Crippen LogP contribution in [0, 0.1) is 0 Å². The summed E-state index contributed by atoms with van der Waals surface area (Å²) in [6.07, 6.45) is 50.9. The SMILES string of the molecule is CCCCCCCCCCCCCCCCCCCC(=O)OC[C@@H](COC(=O)CCCCCCCCCCCCCCC)OC(=O)CCCCCCCCCCCC.